The van der Waals surface area contributed by atoms with Crippen LogP contribution in [0.5, 0.6) is 0 Å². The molecule has 2 aliphatic heterocycles. The van der Waals surface area contributed by atoms with Crippen LogP contribution in [0.1, 0.15) is 19.4 Å². The first-order valence-corrected chi connectivity index (χ1v) is 7.24. The fourth-order valence-corrected chi connectivity index (χ4v) is 2.83. The average Bonchev–Trinajstić information content (AvgIpc) is 2.94. The van der Waals surface area contributed by atoms with Crippen LogP contribution in [0.15, 0.2) is 30.3 Å². The minimum atomic E-state index is -0.604. The van der Waals surface area contributed by atoms with Crippen LogP contribution in [0.2, 0.25) is 0 Å². The van der Waals surface area contributed by atoms with Crippen LogP contribution < -0.4 is 0 Å². The number of benzene rings is 1. The van der Waals surface area contributed by atoms with Crippen LogP contribution in [-0.2, 0) is 30.3 Å². The van der Waals surface area contributed by atoms with Gasteiger partial charge in [-0.1, -0.05) is 30.3 Å². The first-order valence-electron chi connectivity index (χ1n) is 7.24. The molecule has 0 N–H and O–H groups in total. The molecule has 1 aromatic rings. The van der Waals surface area contributed by atoms with Crippen molar-refractivity contribution in [1.82, 2.24) is 0 Å². The molecule has 0 aromatic heterocycles. The van der Waals surface area contributed by atoms with Gasteiger partial charge in [-0.3, -0.25) is 0 Å². The lowest BCUT2D eigenvalue weighted by Crippen LogP contribution is -2.32. The van der Waals surface area contributed by atoms with E-state index in [-0.39, 0.29) is 18.3 Å². The maximum absolute atomic E-state index is 5.91. The lowest BCUT2D eigenvalue weighted by atomic mass is 10.1. The Hall–Kier alpha value is -0.980. The number of methoxy groups -OCH3 is 1. The zero-order valence-electron chi connectivity index (χ0n) is 12.7. The van der Waals surface area contributed by atoms with E-state index in [1.54, 1.807) is 7.11 Å². The summed E-state index contributed by atoms with van der Waals surface area (Å²) >= 11 is 0. The lowest BCUT2D eigenvalue weighted by molar-refractivity contribution is -0.232. The summed E-state index contributed by atoms with van der Waals surface area (Å²) < 4.78 is 28.7. The molecule has 0 aliphatic carbocycles. The van der Waals surface area contributed by atoms with E-state index in [4.69, 9.17) is 23.7 Å². The molecule has 1 aromatic carbocycles. The van der Waals surface area contributed by atoms with Crippen LogP contribution in [-0.4, -0.2) is 44.1 Å². The van der Waals surface area contributed by atoms with Gasteiger partial charge in [0.25, 0.3) is 0 Å². The van der Waals surface area contributed by atoms with Gasteiger partial charge in [0.1, 0.15) is 18.3 Å². The number of rotatable bonds is 5. The monoisotopic (exact) mass is 294 g/mol. The Morgan fingerprint density at radius 1 is 1.10 bits per heavy atom. The highest BCUT2D eigenvalue weighted by molar-refractivity contribution is 5.13. The Labute approximate surface area is 125 Å². The SMILES string of the molecule is CO[C@@H]1O[C@H](COCc2ccccc2)[C@H]2OC(C)(C)O[C@H]12. The van der Waals surface area contributed by atoms with Gasteiger partial charge < -0.3 is 23.7 Å². The van der Waals surface area contributed by atoms with Gasteiger partial charge in [0.2, 0.25) is 0 Å². The molecule has 5 heteroatoms. The van der Waals surface area contributed by atoms with E-state index in [0.717, 1.165) is 5.56 Å². The standard InChI is InChI=1S/C16H22O5/c1-16(2)20-13-12(19-15(17-3)14(13)21-16)10-18-9-11-7-5-4-6-8-11/h4-8,12-15H,9-10H2,1-3H3/t12-,13-,14+,15-/m1/s1. The van der Waals surface area contributed by atoms with Crippen LogP contribution in [0, 0.1) is 0 Å². The van der Waals surface area contributed by atoms with Crippen molar-refractivity contribution in [2.75, 3.05) is 13.7 Å². The summed E-state index contributed by atoms with van der Waals surface area (Å²) in [6.45, 7) is 4.81. The van der Waals surface area contributed by atoms with Gasteiger partial charge in [-0.25, -0.2) is 0 Å². The third kappa shape index (κ3) is 3.27. The molecule has 0 unspecified atom stereocenters. The van der Waals surface area contributed by atoms with Gasteiger partial charge in [0, 0.05) is 7.11 Å². The molecule has 0 saturated carbocycles. The zero-order chi connectivity index (χ0) is 14.9. The van der Waals surface area contributed by atoms with Crippen molar-refractivity contribution in [3.63, 3.8) is 0 Å². The molecule has 2 fully saturated rings. The summed E-state index contributed by atoms with van der Waals surface area (Å²) in [5.41, 5.74) is 1.14. The molecule has 116 valence electrons. The predicted molar refractivity (Wildman–Crippen MR) is 75.6 cm³/mol. The van der Waals surface area contributed by atoms with E-state index < -0.39 is 12.1 Å². The molecular formula is C16H22O5. The van der Waals surface area contributed by atoms with Crippen molar-refractivity contribution in [1.29, 1.82) is 0 Å². The Kier molecular flexibility index (Phi) is 4.28. The zero-order valence-corrected chi connectivity index (χ0v) is 12.7. The fourth-order valence-electron chi connectivity index (χ4n) is 2.83. The van der Waals surface area contributed by atoms with Crippen molar-refractivity contribution in [3.8, 4) is 0 Å². The van der Waals surface area contributed by atoms with E-state index in [9.17, 15) is 0 Å². The smallest absolute Gasteiger partial charge is 0.186 e. The Morgan fingerprint density at radius 2 is 1.81 bits per heavy atom. The van der Waals surface area contributed by atoms with Crippen LogP contribution >= 0.6 is 0 Å². The second-order valence-electron chi connectivity index (χ2n) is 5.84. The number of hydrogen-bond donors (Lipinski definition) is 0. The molecule has 2 heterocycles. The normalized spacial score (nSPS) is 34.0. The van der Waals surface area contributed by atoms with Crippen molar-refractivity contribution >= 4 is 0 Å². The molecule has 0 bridgehead atoms. The molecule has 4 atom stereocenters. The van der Waals surface area contributed by atoms with Gasteiger partial charge in [-0.15, -0.1) is 0 Å². The molecule has 0 spiro atoms. The van der Waals surface area contributed by atoms with E-state index >= 15 is 0 Å². The first-order chi connectivity index (χ1) is 10.1. The molecular weight excluding hydrogens is 272 g/mol. The minimum absolute atomic E-state index is 0.152. The van der Waals surface area contributed by atoms with Gasteiger partial charge in [-0.05, 0) is 19.4 Å². The van der Waals surface area contributed by atoms with Crippen molar-refractivity contribution in [2.45, 2.75) is 50.8 Å². The van der Waals surface area contributed by atoms with Crippen LogP contribution in [0.3, 0.4) is 0 Å². The topological polar surface area (TPSA) is 46.2 Å². The number of hydrogen-bond acceptors (Lipinski definition) is 5. The van der Waals surface area contributed by atoms with Crippen molar-refractivity contribution in [2.24, 2.45) is 0 Å². The molecule has 0 amide bonds. The highest BCUT2D eigenvalue weighted by Gasteiger charge is 2.55. The van der Waals surface area contributed by atoms with E-state index in [2.05, 4.69) is 0 Å². The molecule has 3 rings (SSSR count). The van der Waals surface area contributed by atoms with Gasteiger partial charge in [-0.2, -0.15) is 0 Å². The number of ether oxygens (including phenoxy) is 5. The first kappa shape index (κ1) is 14.9. The van der Waals surface area contributed by atoms with Gasteiger partial charge in [0.15, 0.2) is 12.1 Å². The predicted octanol–water partition coefficient (Wildman–Crippen LogP) is 2.09. The maximum atomic E-state index is 5.91. The molecule has 0 radical (unpaired) electrons. The van der Waals surface area contributed by atoms with E-state index in [1.165, 1.54) is 0 Å². The summed E-state index contributed by atoms with van der Waals surface area (Å²) in [5.74, 6) is -0.604. The van der Waals surface area contributed by atoms with E-state index in [0.29, 0.717) is 13.2 Å². The largest absolute Gasteiger partial charge is 0.374 e. The van der Waals surface area contributed by atoms with Crippen molar-refractivity contribution in [3.05, 3.63) is 35.9 Å². The van der Waals surface area contributed by atoms with Crippen molar-refractivity contribution < 1.29 is 23.7 Å². The summed E-state index contributed by atoms with van der Waals surface area (Å²) in [5, 5.41) is 0. The summed E-state index contributed by atoms with van der Waals surface area (Å²) in [4.78, 5) is 0. The van der Waals surface area contributed by atoms with Crippen LogP contribution in [0.4, 0.5) is 0 Å². The molecule has 5 nitrogen and oxygen atoms in total. The third-order valence-corrected chi connectivity index (χ3v) is 3.73. The molecule has 21 heavy (non-hydrogen) atoms. The lowest BCUT2D eigenvalue weighted by Gasteiger charge is -2.23. The van der Waals surface area contributed by atoms with Gasteiger partial charge >= 0.3 is 0 Å². The molecule has 2 saturated heterocycles. The Balaban J connectivity index is 1.56. The van der Waals surface area contributed by atoms with E-state index in [1.807, 2.05) is 44.2 Å². The highest BCUT2D eigenvalue weighted by atomic mass is 16.8. The van der Waals surface area contributed by atoms with Gasteiger partial charge in [0.05, 0.1) is 13.2 Å². The Bertz CT molecular complexity index is 461. The maximum Gasteiger partial charge on any atom is 0.186 e. The minimum Gasteiger partial charge on any atom is -0.374 e. The summed E-state index contributed by atoms with van der Waals surface area (Å²) in [7, 11) is 1.61. The Morgan fingerprint density at radius 3 is 2.52 bits per heavy atom. The quantitative estimate of drug-likeness (QED) is 0.832. The fraction of sp³-hybridized carbons (Fsp3) is 0.625. The number of fused-ring (bicyclic) bond motifs is 1. The second-order valence-corrected chi connectivity index (χ2v) is 5.84. The third-order valence-electron chi connectivity index (χ3n) is 3.73. The summed E-state index contributed by atoms with van der Waals surface area (Å²) in [6.07, 6.45) is -0.927. The average molecular weight is 294 g/mol. The van der Waals surface area contributed by atoms with Crippen LogP contribution in [0.25, 0.3) is 0 Å². The summed E-state index contributed by atoms with van der Waals surface area (Å²) in [6, 6.07) is 10.1. The highest BCUT2D eigenvalue weighted by Crippen LogP contribution is 2.38. The second kappa shape index (κ2) is 6.02. The molecule has 2 aliphatic rings.